The summed E-state index contributed by atoms with van der Waals surface area (Å²) in [5.74, 6) is -0.836. The highest BCUT2D eigenvalue weighted by atomic mass is 16.4. The summed E-state index contributed by atoms with van der Waals surface area (Å²) < 4.78 is 0. The number of hydrogen-bond donors (Lipinski definition) is 3. The SMILES string of the molecule is CC(C)(CN1CC(NC(=O)O)C1)C(=O)O. The summed E-state index contributed by atoms with van der Waals surface area (Å²) in [4.78, 5) is 23.0. The molecule has 0 aromatic carbocycles. The minimum absolute atomic E-state index is 0.0629. The Bertz CT molecular complexity index is 271. The van der Waals surface area contributed by atoms with Crippen molar-refractivity contribution in [2.24, 2.45) is 5.41 Å². The molecule has 3 N–H and O–H groups in total. The topological polar surface area (TPSA) is 89.9 Å². The molecule has 1 heterocycles. The van der Waals surface area contributed by atoms with Crippen LogP contribution in [0.3, 0.4) is 0 Å². The van der Waals surface area contributed by atoms with Gasteiger partial charge in [0.2, 0.25) is 0 Å². The molecule has 86 valence electrons. The van der Waals surface area contributed by atoms with Crippen LogP contribution in [0.15, 0.2) is 0 Å². The Balaban J connectivity index is 2.28. The molecule has 0 spiro atoms. The summed E-state index contributed by atoms with van der Waals surface area (Å²) in [7, 11) is 0. The van der Waals surface area contributed by atoms with Crippen molar-refractivity contribution in [2.75, 3.05) is 19.6 Å². The van der Waals surface area contributed by atoms with Gasteiger partial charge in [0, 0.05) is 19.6 Å². The van der Waals surface area contributed by atoms with E-state index in [2.05, 4.69) is 5.32 Å². The van der Waals surface area contributed by atoms with Gasteiger partial charge in [-0.15, -0.1) is 0 Å². The van der Waals surface area contributed by atoms with Crippen molar-refractivity contribution in [1.29, 1.82) is 0 Å². The van der Waals surface area contributed by atoms with Crippen molar-refractivity contribution in [3.05, 3.63) is 0 Å². The van der Waals surface area contributed by atoms with Gasteiger partial charge >= 0.3 is 12.1 Å². The zero-order chi connectivity index (χ0) is 11.6. The van der Waals surface area contributed by atoms with Crippen LogP contribution in [0.1, 0.15) is 13.8 Å². The highest BCUT2D eigenvalue weighted by Crippen LogP contribution is 2.20. The van der Waals surface area contributed by atoms with E-state index in [1.807, 2.05) is 4.90 Å². The molecule has 1 fully saturated rings. The first-order valence-electron chi connectivity index (χ1n) is 4.76. The fourth-order valence-corrected chi connectivity index (χ4v) is 1.59. The van der Waals surface area contributed by atoms with Gasteiger partial charge in [-0.25, -0.2) is 4.79 Å². The lowest BCUT2D eigenvalue weighted by Gasteiger charge is -2.41. The van der Waals surface area contributed by atoms with Crippen molar-refractivity contribution in [3.63, 3.8) is 0 Å². The largest absolute Gasteiger partial charge is 0.481 e. The van der Waals surface area contributed by atoms with Crippen LogP contribution in [0.25, 0.3) is 0 Å². The van der Waals surface area contributed by atoms with Gasteiger partial charge in [-0.3, -0.25) is 9.69 Å². The number of nitrogens with one attached hydrogen (secondary N) is 1. The number of rotatable bonds is 4. The van der Waals surface area contributed by atoms with E-state index in [0.29, 0.717) is 19.6 Å². The maximum atomic E-state index is 10.8. The number of carboxylic acids is 1. The fraction of sp³-hybridized carbons (Fsp3) is 0.778. The van der Waals surface area contributed by atoms with Gasteiger partial charge in [-0.05, 0) is 13.8 Å². The molecule has 0 atom stereocenters. The van der Waals surface area contributed by atoms with Crippen LogP contribution in [0.5, 0.6) is 0 Å². The second kappa shape index (κ2) is 4.06. The summed E-state index contributed by atoms with van der Waals surface area (Å²) in [6.45, 7) is 4.94. The molecule has 0 aliphatic carbocycles. The van der Waals surface area contributed by atoms with Crippen molar-refractivity contribution in [2.45, 2.75) is 19.9 Å². The van der Waals surface area contributed by atoms with Crippen molar-refractivity contribution in [3.8, 4) is 0 Å². The average Bonchev–Trinajstić information content (AvgIpc) is 1.98. The minimum Gasteiger partial charge on any atom is -0.481 e. The van der Waals surface area contributed by atoms with E-state index in [4.69, 9.17) is 10.2 Å². The molecule has 15 heavy (non-hydrogen) atoms. The van der Waals surface area contributed by atoms with E-state index < -0.39 is 17.5 Å². The van der Waals surface area contributed by atoms with Crippen LogP contribution < -0.4 is 5.32 Å². The first-order chi connectivity index (χ1) is 6.81. The van der Waals surface area contributed by atoms with E-state index in [1.54, 1.807) is 13.8 Å². The molecule has 1 saturated heterocycles. The lowest BCUT2D eigenvalue weighted by atomic mass is 9.91. The molecule has 0 unspecified atom stereocenters. The Hall–Kier alpha value is -1.30. The molecule has 6 heteroatoms. The van der Waals surface area contributed by atoms with Crippen LogP contribution in [-0.4, -0.2) is 52.9 Å². The third-order valence-corrected chi connectivity index (χ3v) is 2.48. The predicted octanol–water partition coefficient (Wildman–Crippen LogP) is 0.0490. The van der Waals surface area contributed by atoms with E-state index in [1.165, 1.54) is 0 Å². The second-order valence-electron chi connectivity index (χ2n) is 4.53. The third kappa shape index (κ3) is 3.09. The van der Waals surface area contributed by atoms with E-state index in [9.17, 15) is 9.59 Å². The molecular weight excluding hydrogens is 200 g/mol. The number of nitrogens with zero attached hydrogens (tertiary/aromatic N) is 1. The van der Waals surface area contributed by atoms with Crippen LogP contribution in [0, 0.1) is 5.41 Å². The average molecular weight is 216 g/mol. The molecule has 0 saturated carbocycles. The Morgan fingerprint density at radius 1 is 1.40 bits per heavy atom. The Kier molecular flexibility index (Phi) is 3.18. The number of aliphatic carboxylic acids is 1. The minimum atomic E-state index is -1.03. The summed E-state index contributed by atoms with van der Waals surface area (Å²) >= 11 is 0. The van der Waals surface area contributed by atoms with Crippen LogP contribution >= 0.6 is 0 Å². The first kappa shape index (κ1) is 11.8. The molecule has 1 rings (SSSR count). The van der Waals surface area contributed by atoms with E-state index in [-0.39, 0.29) is 6.04 Å². The van der Waals surface area contributed by atoms with Crippen molar-refractivity contribution >= 4 is 12.1 Å². The first-order valence-corrected chi connectivity index (χ1v) is 4.76. The molecule has 0 radical (unpaired) electrons. The zero-order valence-electron chi connectivity index (χ0n) is 8.86. The van der Waals surface area contributed by atoms with Gasteiger partial charge in [0.15, 0.2) is 0 Å². The highest BCUT2D eigenvalue weighted by molar-refractivity contribution is 5.73. The molecular formula is C9H16N2O4. The standard InChI is InChI=1S/C9H16N2O4/c1-9(2,7(12)13)5-11-3-6(4-11)10-8(14)15/h6,10H,3-5H2,1-2H3,(H,12,13)(H,14,15). The summed E-state index contributed by atoms with van der Waals surface area (Å²) in [5, 5.41) is 19.7. The van der Waals surface area contributed by atoms with Gasteiger partial charge in [0.05, 0.1) is 11.5 Å². The normalized spacial score (nSPS) is 18.3. The van der Waals surface area contributed by atoms with Crippen LogP contribution in [-0.2, 0) is 4.79 Å². The molecule has 0 bridgehead atoms. The van der Waals surface area contributed by atoms with E-state index >= 15 is 0 Å². The predicted molar refractivity (Wildman–Crippen MR) is 52.8 cm³/mol. The maximum absolute atomic E-state index is 10.8. The molecule has 6 nitrogen and oxygen atoms in total. The Morgan fingerprint density at radius 3 is 2.33 bits per heavy atom. The van der Waals surface area contributed by atoms with Gasteiger partial charge in [-0.1, -0.05) is 0 Å². The molecule has 1 amide bonds. The quantitative estimate of drug-likeness (QED) is 0.617. The monoisotopic (exact) mass is 216 g/mol. The summed E-state index contributed by atoms with van der Waals surface area (Å²) in [6, 6.07) is -0.0629. The Morgan fingerprint density at radius 2 is 1.93 bits per heavy atom. The summed E-state index contributed by atoms with van der Waals surface area (Å²) in [6.07, 6.45) is -1.03. The third-order valence-electron chi connectivity index (χ3n) is 2.48. The van der Waals surface area contributed by atoms with Gasteiger partial charge in [0.25, 0.3) is 0 Å². The maximum Gasteiger partial charge on any atom is 0.404 e. The second-order valence-corrected chi connectivity index (χ2v) is 4.53. The van der Waals surface area contributed by atoms with Crippen molar-refractivity contribution < 1.29 is 19.8 Å². The lowest BCUT2D eigenvalue weighted by Crippen LogP contribution is -2.61. The summed E-state index contributed by atoms with van der Waals surface area (Å²) in [5.41, 5.74) is -0.784. The number of carbonyl (C=O) groups is 2. The highest BCUT2D eigenvalue weighted by Gasteiger charge is 2.35. The number of amides is 1. The fourth-order valence-electron chi connectivity index (χ4n) is 1.59. The number of likely N-dealkylation sites (tertiary alicyclic amines) is 1. The molecule has 1 aliphatic rings. The zero-order valence-corrected chi connectivity index (χ0v) is 8.86. The van der Waals surface area contributed by atoms with Crippen LogP contribution in [0.4, 0.5) is 4.79 Å². The van der Waals surface area contributed by atoms with Gasteiger partial charge < -0.3 is 15.5 Å². The lowest BCUT2D eigenvalue weighted by molar-refractivity contribution is -0.148. The van der Waals surface area contributed by atoms with Gasteiger partial charge in [-0.2, -0.15) is 0 Å². The number of carboxylic acid groups (broad SMARTS) is 2. The van der Waals surface area contributed by atoms with Gasteiger partial charge in [0.1, 0.15) is 0 Å². The Labute approximate surface area is 87.9 Å². The van der Waals surface area contributed by atoms with Crippen LogP contribution in [0.2, 0.25) is 0 Å². The van der Waals surface area contributed by atoms with E-state index in [0.717, 1.165) is 0 Å². The molecule has 0 aromatic heterocycles. The smallest absolute Gasteiger partial charge is 0.404 e. The molecule has 0 aromatic rings. The van der Waals surface area contributed by atoms with Crippen molar-refractivity contribution in [1.82, 2.24) is 10.2 Å². The molecule has 1 aliphatic heterocycles. The number of hydrogen-bond acceptors (Lipinski definition) is 3.